The first kappa shape index (κ1) is 13.7. The van der Waals surface area contributed by atoms with Crippen LogP contribution >= 0.6 is 11.6 Å². The van der Waals surface area contributed by atoms with Gasteiger partial charge in [0.15, 0.2) is 0 Å². The highest BCUT2D eigenvalue weighted by Gasteiger charge is 2.22. The molecule has 2 unspecified atom stereocenters. The molecule has 1 heterocycles. The first-order valence-corrected chi connectivity index (χ1v) is 5.31. The topological polar surface area (TPSA) is 108 Å². The molecule has 5 N–H and O–H groups in total. The number of carbonyl (C=O) groups is 1. The van der Waals surface area contributed by atoms with Gasteiger partial charge >= 0.3 is 0 Å². The van der Waals surface area contributed by atoms with Gasteiger partial charge in [0.05, 0.1) is 16.4 Å². The van der Waals surface area contributed by atoms with Crippen LogP contribution in [0.25, 0.3) is 0 Å². The number of carbonyl (C=O) groups excluding carboxylic acids is 1. The van der Waals surface area contributed by atoms with E-state index >= 15 is 0 Å². The van der Waals surface area contributed by atoms with Crippen LogP contribution in [0.15, 0.2) is 12.3 Å². The molecule has 2 atom stereocenters. The van der Waals surface area contributed by atoms with Crippen LogP contribution < -0.4 is 11.1 Å². The molecule has 1 amide bonds. The van der Waals surface area contributed by atoms with Crippen molar-refractivity contribution in [1.82, 2.24) is 10.3 Å². The fourth-order valence-electron chi connectivity index (χ4n) is 1.25. The van der Waals surface area contributed by atoms with E-state index in [0.717, 1.165) is 0 Å². The lowest BCUT2D eigenvalue weighted by Crippen LogP contribution is -2.34. The summed E-state index contributed by atoms with van der Waals surface area (Å²) in [7, 11) is 0. The smallest absolute Gasteiger partial charge is 0.216 e. The van der Waals surface area contributed by atoms with Crippen molar-refractivity contribution in [1.29, 1.82) is 0 Å². The van der Waals surface area contributed by atoms with Crippen LogP contribution in [0.1, 0.15) is 18.7 Å². The van der Waals surface area contributed by atoms with E-state index in [2.05, 4.69) is 10.3 Å². The van der Waals surface area contributed by atoms with Gasteiger partial charge in [0.25, 0.3) is 0 Å². The Morgan fingerprint density at radius 3 is 2.82 bits per heavy atom. The van der Waals surface area contributed by atoms with E-state index < -0.39 is 12.2 Å². The number of aliphatic hydroxyl groups is 2. The van der Waals surface area contributed by atoms with Crippen molar-refractivity contribution >= 4 is 23.2 Å². The van der Waals surface area contributed by atoms with Crippen LogP contribution in [0.2, 0.25) is 5.02 Å². The van der Waals surface area contributed by atoms with E-state index in [1.54, 1.807) is 0 Å². The molecule has 0 aliphatic heterocycles. The van der Waals surface area contributed by atoms with Crippen molar-refractivity contribution in [2.45, 2.75) is 19.1 Å². The Morgan fingerprint density at radius 2 is 2.29 bits per heavy atom. The zero-order valence-corrected chi connectivity index (χ0v) is 9.98. The number of aliphatic hydroxyl groups excluding tert-OH is 2. The largest absolute Gasteiger partial charge is 0.397 e. The molecule has 0 aliphatic carbocycles. The first-order valence-electron chi connectivity index (χ1n) is 4.93. The molecule has 1 rings (SSSR count). The summed E-state index contributed by atoms with van der Waals surface area (Å²) in [5, 5.41) is 22.1. The van der Waals surface area contributed by atoms with Gasteiger partial charge < -0.3 is 21.3 Å². The van der Waals surface area contributed by atoms with Gasteiger partial charge in [-0.15, -0.1) is 0 Å². The van der Waals surface area contributed by atoms with Crippen molar-refractivity contribution in [2.75, 3.05) is 12.3 Å². The van der Waals surface area contributed by atoms with E-state index in [4.69, 9.17) is 17.3 Å². The Kier molecular flexibility index (Phi) is 4.68. The van der Waals surface area contributed by atoms with Crippen molar-refractivity contribution in [3.63, 3.8) is 0 Å². The number of hydrogen-bond donors (Lipinski definition) is 4. The number of aromatic nitrogens is 1. The molecule has 0 aliphatic rings. The minimum Gasteiger partial charge on any atom is -0.397 e. The van der Waals surface area contributed by atoms with Gasteiger partial charge in [-0.25, -0.2) is 0 Å². The molecular weight excluding hydrogens is 246 g/mol. The average Bonchev–Trinajstić information content (AvgIpc) is 2.25. The Morgan fingerprint density at radius 1 is 1.65 bits per heavy atom. The average molecular weight is 260 g/mol. The molecule has 0 fully saturated rings. The summed E-state index contributed by atoms with van der Waals surface area (Å²) in [6.45, 7) is 1.23. The molecule has 0 bridgehead atoms. The third kappa shape index (κ3) is 3.85. The predicted molar refractivity (Wildman–Crippen MR) is 63.3 cm³/mol. The first-order chi connectivity index (χ1) is 7.91. The Hall–Kier alpha value is -1.37. The Balaban J connectivity index is 2.74. The summed E-state index contributed by atoms with van der Waals surface area (Å²) in [5.41, 5.74) is 5.93. The summed E-state index contributed by atoms with van der Waals surface area (Å²) < 4.78 is 0. The second-order valence-corrected chi connectivity index (χ2v) is 4.01. The zero-order chi connectivity index (χ0) is 13.0. The van der Waals surface area contributed by atoms with Gasteiger partial charge in [-0.1, -0.05) is 11.6 Å². The van der Waals surface area contributed by atoms with E-state index in [1.807, 2.05) is 0 Å². The highest BCUT2D eigenvalue weighted by Crippen LogP contribution is 2.23. The molecule has 1 aromatic rings. The maximum absolute atomic E-state index is 10.7. The minimum atomic E-state index is -1.28. The number of amides is 1. The summed E-state index contributed by atoms with van der Waals surface area (Å²) in [5.74, 6) is -0.298. The van der Waals surface area contributed by atoms with Crippen LogP contribution in [0.3, 0.4) is 0 Å². The SMILES string of the molecule is CC(=O)NCC(O)C(O)c1ncc(Cl)cc1N. The highest BCUT2D eigenvalue weighted by atomic mass is 35.5. The maximum Gasteiger partial charge on any atom is 0.216 e. The quantitative estimate of drug-likeness (QED) is 0.601. The van der Waals surface area contributed by atoms with Crippen LogP contribution in [0.5, 0.6) is 0 Å². The van der Waals surface area contributed by atoms with Gasteiger partial charge in [-0.2, -0.15) is 0 Å². The number of pyridine rings is 1. The van der Waals surface area contributed by atoms with Gasteiger partial charge in [-0.05, 0) is 6.07 Å². The molecule has 0 saturated heterocycles. The predicted octanol–water partition coefficient (Wildman–Crippen LogP) is -0.152. The number of rotatable bonds is 4. The van der Waals surface area contributed by atoms with Gasteiger partial charge in [0.1, 0.15) is 12.2 Å². The lowest BCUT2D eigenvalue weighted by Gasteiger charge is -2.18. The number of nitrogens with zero attached hydrogens (tertiary/aromatic N) is 1. The summed E-state index contributed by atoms with van der Waals surface area (Å²) in [6, 6.07) is 1.43. The number of hydrogen-bond acceptors (Lipinski definition) is 5. The summed E-state index contributed by atoms with van der Waals surface area (Å²) in [4.78, 5) is 14.5. The van der Waals surface area contributed by atoms with E-state index in [0.29, 0.717) is 5.02 Å². The van der Waals surface area contributed by atoms with Crippen LogP contribution in [0.4, 0.5) is 5.69 Å². The number of anilines is 1. The molecule has 7 heteroatoms. The third-order valence-corrected chi connectivity index (χ3v) is 2.33. The molecule has 1 aromatic heterocycles. The summed E-state index contributed by atoms with van der Waals surface area (Å²) in [6.07, 6.45) is -1.14. The lowest BCUT2D eigenvalue weighted by atomic mass is 10.1. The number of nitrogens with one attached hydrogen (secondary N) is 1. The normalized spacial score (nSPS) is 14.1. The van der Waals surface area contributed by atoms with Crippen LogP contribution in [-0.2, 0) is 4.79 Å². The van der Waals surface area contributed by atoms with Crippen molar-refractivity contribution in [3.8, 4) is 0 Å². The fourth-order valence-corrected chi connectivity index (χ4v) is 1.42. The van der Waals surface area contributed by atoms with Crippen LogP contribution in [0, 0.1) is 0 Å². The second kappa shape index (κ2) is 5.81. The highest BCUT2D eigenvalue weighted by molar-refractivity contribution is 6.30. The maximum atomic E-state index is 10.7. The zero-order valence-electron chi connectivity index (χ0n) is 9.22. The van der Waals surface area contributed by atoms with Gasteiger partial charge in [-0.3, -0.25) is 9.78 Å². The number of halogens is 1. The molecule has 0 aromatic carbocycles. The second-order valence-electron chi connectivity index (χ2n) is 3.58. The monoisotopic (exact) mass is 259 g/mol. The third-order valence-electron chi connectivity index (χ3n) is 2.12. The molecule has 0 spiro atoms. The molecular formula is C10H14ClN3O3. The van der Waals surface area contributed by atoms with E-state index in [-0.39, 0.29) is 23.8 Å². The van der Waals surface area contributed by atoms with Crippen LogP contribution in [-0.4, -0.2) is 33.8 Å². The van der Waals surface area contributed by atoms with Crippen molar-refractivity contribution in [2.24, 2.45) is 0 Å². The number of nitrogens with two attached hydrogens (primary N) is 1. The molecule has 0 radical (unpaired) electrons. The van der Waals surface area contributed by atoms with E-state index in [9.17, 15) is 15.0 Å². The summed E-state index contributed by atoms with van der Waals surface area (Å²) >= 11 is 5.66. The molecule has 94 valence electrons. The van der Waals surface area contributed by atoms with Gasteiger partial charge in [0, 0.05) is 19.7 Å². The Bertz CT molecular complexity index is 414. The van der Waals surface area contributed by atoms with Crippen molar-refractivity contribution in [3.05, 3.63) is 23.0 Å². The fraction of sp³-hybridized carbons (Fsp3) is 0.400. The van der Waals surface area contributed by atoms with Gasteiger partial charge in [0.2, 0.25) is 5.91 Å². The molecule has 6 nitrogen and oxygen atoms in total. The van der Waals surface area contributed by atoms with E-state index in [1.165, 1.54) is 19.2 Å². The Labute approximate surface area is 103 Å². The minimum absolute atomic E-state index is 0.0831. The van der Waals surface area contributed by atoms with Crippen molar-refractivity contribution < 1.29 is 15.0 Å². The number of nitrogen functional groups attached to an aromatic ring is 1. The lowest BCUT2D eigenvalue weighted by molar-refractivity contribution is -0.119. The standard InChI is InChI=1S/C10H14ClN3O3/c1-5(15)13-4-8(16)10(17)9-7(12)2-6(11)3-14-9/h2-3,8,10,16-17H,4,12H2,1H3,(H,13,15). The molecule has 0 saturated carbocycles. The molecule has 17 heavy (non-hydrogen) atoms.